The van der Waals surface area contributed by atoms with Crippen LogP contribution >= 0.6 is 11.6 Å². The van der Waals surface area contributed by atoms with Crippen LogP contribution in [-0.4, -0.2) is 19.3 Å². The zero-order valence-electron chi connectivity index (χ0n) is 4.57. The van der Waals surface area contributed by atoms with Gasteiger partial charge in [0.2, 0.25) is 0 Å². The first-order valence-electron chi connectivity index (χ1n) is 2.31. The van der Waals surface area contributed by atoms with Gasteiger partial charge in [0.25, 0.3) is 0 Å². The zero-order valence-corrected chi connectivity index (χ0v) is 6.74. The van der Waals surface area contributed by atoms with Crippen molar-refractivity contribution in [1.29, 1.82) is 0 Å². The Labute approximate surface area is 54.8 Å². The van der Waals surface area contributed by atoms with E-state index in [2.05, 4.69) is 0 Å². The molecule has 0 amide bonds. The quantitative estimate of drug-likeness (QED) is 0.414. The molecule has 0 aliphatic carbocycles. The second kappa shape index (κ2) is 3.49. The molecule has 3 heteroatoms. The lowest BCUT2D eigenvalue weighted by atomic mass is 10.6. The van der Waals surface area contributed by atoms with E-state index in [4.69, 9.17) is 11.6 Å². The van der Waals surface area contributed by atoms with Gasteiger partial charge >= 0.3 is 15.2 Å². The van der Waals surface area contributed by atoms with Crippen LogP contribution in [0.4, 0.5) is 4.79 Å². The first kappa shape index (κ1) is 7.49. The molecule has 0 atom stereocenters. The third kappa shape index (κ3) is 6.49. The molecule has 0 saturated carbocycles. The molecule has 0 rings (SSSR count). The average molecular weight is 135 g/mol. The van der Waals surface area contributed by atoms with E-state index in [-0.39, 0.29) is 4.10 Å². The first-order chi connectivity index (χ1) is 3.13. The number of halogens is 1. The van der Waals surface area contributed by atoms with Crippen LogP contribution in [0.25, 0.3) is 0 Å². The van der Waals surface area contributed by atoms with Crippen LogP contribution in [0.2, 0.25) is 4.78 Å². The van der Waals surface area contributed by atoms with Gasteiger partial charge in [-0.15, -0.1) is 0 Å². The number of carbonyl (C=O) groups is 1. The van der Waals surface area contributed by atoms with Crippen molar-refractivity contribution in [3.8, 4) is 0 Å². The fourth-order valence-electron chi connectivity index (χ4n) is 0.321. The van der Waals surface area contributed by atoms with Crippen molar-refractivity contribution in [1.82, 2.24) is 0 Å². The molecule has 0 aromatic rings. The SMILES string of the molecule is C[CH](C)[AlH][C](=O)Cl. The monoisotopic (exact) mass is 134 g/mol. The van der Waals surface area contributed by atoms with Gasteiger partial charge in [-0.05, 0) is 0 Å². The third-order valence-electron chi connectivity index (χ3n) is 0.569. The minimum absolute atomic E-state index is 0.102. The van der Waals surface area contributed by atoms with E-state index in [0.717, 1.165) is 0 Å². The maximum absolute atomic E-state index is 10.1. The molecule has 0 N–H and O–H groups in total. The summed E-state index contributed by atoms with van der Waals surface area (Å²) in [6.45, 7) is 4.04. The molecule has 0 saturated heterocycles. The second-order valence-electron chi connectivity index (χ2n) is 1.95. The summed E-state index contributed by atoms with van der Waals surface area (Å²) < 4.78 is 0.431. The highest BCUT2D eigenvalue weighted by Gasteiger charge is 2.04. The highest BCUT2D eigenvalue weighted by atomic mass is 35.5. The summed E-state index contributed by atoms with van der Waals surface area (Å²) in [5.74, 6) is 0. The average Bonchev–Trinajstić information content (AvgIpc) is 1.27. The Morgan fingerprint density at radius 3 is 2.14 bits per heavy atom. The van der Waals surface area contributed by atoms with Crippen LogP contribution in [0.15, 0.2) is 0 Å². The van der Waals surface area contributed by atoms with Crippen molar-refractivity contribution in [3.63, 3.8) is 0 Å². The number of hydrogen-bond donors (Lipinski definition) is 0. The van der Waals surface area contributed by atoms with Gasteiger partial charge in [0.15, 0.2) is 0 Å². The molecule has 0 fully saturated rings. The topological polar surface area (TPSA) is 17.1 Å². The van der Waals surface area contributed by atoms with Crippen molar-refractivity contribution in [2.24, 2.45) is 0 Å². The largest absolute Gasteiger partial charge is 0.372 e. The summed E-state index contributed by atoms with van der Waals surface area (Å²) in [4.78, 5) is 10.1. The molecular formula is C4H8AlClO. The van der Waals surface area contributed by atoms with E-state index >= 15 is 0 Å². The fraction of sp³-hybridized carbons (Fsp3) is 0.750. The maximum Gasteiger partial charge on any atom is 0.372 e. The van der Waals surface area contributed by atoms with Crippen LogP contribution in [0.3, 0.4) is 0 Å². The second-order valence-corrected chi connectivity index (χ2v) is 5.51. The van der Waals surface area contributed by atoms with Gasteiger partial charge in [0.1, 0.15) is 4.10 Å². The van der Waals surface area contributed by atoms with Gasteiger partial charge in [0, 0.05) is 0 Å². The lowest BCUT2D eigenvalue weighted by Crippen LogP contribution is -2.01. The number of rotatable bonds is 2. The summed E-state index contributed by atoms with van der Waals surface area (Å²) in [5.41, 5.74) is 0. The molecule has 0 unspecified atom stereocenters. The molecule has 0 aliphatic rings. The summed E-state index contributed by atoms with van der Waals surface area (Å²) >= 11 is 4.50. The van der Waals surface area contributed by atoms with E-state index in [1.807, 2.05) is 13.8 Å². The van der Waals surface area contributed by atoms with Gasteiger partial charge in [0.05, 0.1) is 0 Å². The van der Waals surface area contributed by atoms with Gasteiger partial charge in [-0.3, -0.25) is 0 Å². The van der Waals surface area contributed by atoms with E-state index in [0.29, 0.717) is 4.78 Å². The molecule has 0 radical (unpaired) electrons. The zero-order chi connectivity index (χ0) is 5.86. The highest BCUT2D eigenvalue weighted by Crippen LogP contribution is 1.98. The molecule has 0 heterocycles. The van der Waals surface area contributed by atoms with E-state index in [1.54, 1.807) is 0 Å². The highest BCUT2D eigenvalue weighted by molar-refractivity contribution is 6.99. The Balaban J connectivity index is 3.13. The minimum atomic E-state index is -0.593. The van der Waals surface area contributed by atoms with Gasteiger partial charge in [-0.1, -0.05) is 30.2 Å². The summed E-state index contributed by atoms with van der Waals surface area (Å²) in [6, 6.07) is 0. The van der Waals surface area contributed by atoms with Gasteiger partial charge < -0.3 is 4.79 Å². The smallest absolute Gasteiger partial charge is 0.304 e. The predicted molar refractivity (Wildman–Crippen MR) is 33.5 cm³/mol. The molecule has 0 aromatic carbocycles. The van der Waals surface area contributed by atoms with Crippen LogP contribution in [-0.2, 0) is 0 Å². The maximum atomic E-state index is 10.1. The van der Waals surface area contributed by atoms with Crippen molar-refractivity contribution in [2.75, 3.05) is 0 Å². The lowest BCUT2D eigenvalue weighted by molar-refractivity contribution is 0.274. The summed E-state index contributed by atoms with van der Waals surface area (Å²) in [7, 11) is 0. The molecule has 40 valence electrons. The Kier molecular flexibility index (Phi) is 3.73. The summed E-state index contributed by atoms with van der Waals surface area (Å²) in [5, 5.41) is 0. The molecule has 0 aliphatic heterocycles. The molecular weight excluding hydrogens is 126 g/mol. The van der Waals surface area contributed by atoms with E-state index in [1.165, 1.54) is 0 Å². The van der Waals surface area contributed by atoms with Crippen molar-refractivity contribution < 1.29 is 4.79 Å². The molecule has 7 heavy (non-hydrogen) atoms. The van der Waals surface area contributed by atoms with Crippen molar-refractivity contribution in [3.05, 3.63) is 0 Å². The van der Waals surface area contributed by atoms with Gasteiger partial charge in [-0.2, -0.15) is 0 Å². The standard InChI is InChI=1S/C3H7.CClO.Al.H/c1-3-2;2-1-3;;/h3H,1-2H3;;;. The fourth-order valence-corrected chi connectivity index (χ4v) is 1.89. The van der Waals surface area contributed by atoms with Crippen molar-refractivity contribution >= 4 is 30.9 Å². The summed E-state index contributed by atoms with van der Waals surface area (Å²) in [6.07, 6.45) is 0. The molecule has 0 bridgehead atoms. The Hall–Kier alpha value is 0.492. The molecule has 0 aromatic heterocycles. The van der Waals surface area contributed by atoms with E-state index < -0.39 is 15.2 Å². The Morgan fingerprint density at radius 1 is 1.71 bits per heavy atom. The third-order valence-corrected chi connectivity index (χ3v) is 2.17. The predicted octanol–water partition coefficient (Wildman–Crippen LogP) is 1.61. The first-order valence-corrected chi connectivity index (χ1v) is 4.21. The normalized spacial score (nSPS) is 9.14. The Morgan fingerprint density at radius 2 is 2.14 bits per heavy atom. The Bertz CT molecular complexity index is 72.1. The van der Waals surface area contributed by atoms with E-state index in [9.17, 15) is 4.79 Å². The van der Waals surface area contributed by atoms with Crippen LogP contribution < -0.4 is 0 Å². The minimum Gasteiger partial charge on any atom is -0.304 e. The van der Waals surface area contributed by atoms with Crippen LogP contribution in [0.5, 0.6) is 0 Å². The lowest BCUT2D eigenvalue weighted by Gasteiger charge is -1.89. The van der Waals surface area contributed by atoms with Gasteiger partial charge in [-0.25, -0.2) is 0 Å². The number of hydrogen-bond acceptors (Lipinski definition) is 1. The molecule has 0 spiro atoms. The number of carbonyl (C=O) groups excluding carboxylic acids is 1. The van der Waals surface area contributed by atoms with Crippen LogP contribution in [0.1, 0.15) is 13.8 Å². The molecule has 1 nitrogen and oxygen atoms in total. The van der Waals surface area contributed by atoms with Crippen molar-refractivity contribution in [2.45, 2.75) is 18.6 Å². The van der Waals surface area contributed by atoms with Crippen LogP contribution in [0, 0.1) is 0 Å².